The molecule has 7 heteroatoms. The minimum atomic E-state index is 0.133. The van der Waals surface area contributed by atoms with Crippen LogP contribution in [0.2, 0.25) is 0 Å². The Labute approximate surface area is 140 Å². The number of carbonyl (C=O) groups excluding carboxylic acids is 2. The van der Waals surface area contributed by atoms with Gasteiger partial charge >= 0.3 is 0 Å². The van der Waals surface area contributed by atoms with Crippen molar-refractivity contribution in [3.05, 3.63) is 0 Å². The third kappa shape index (κ3) is 3.57. The van der Waals surface area contributed by atoms with E-state index in [9.17, 15) is 9.59 Å². The second-order valence-corrected chi connectivity index (χ2v) is 8.76. The van der Waals surface area contributed by atoms with Gasteiger partial charge in [-0.05, 0) is 25.5 Å². The molecule has 3 rings (SSSR count). The SMILES string of the molecule is CSCC(=O)N1CC2(CC(OCC(=O)N3CCCC3)CS2)C1. The second-order valence-electron chi connectivity index (χ2n) is 6.40. The van der Waals surface area contributed by atoms with Crippen LogP contribution in [-0.4, -0.2) is 83.0 Å². The topological polar surface area (TPSA) is 49.9 Å². The zero-order valence-corrected chi connectivity index (χ0v) is 14.7. The molecule has 0 aromatic carbocycles. The highest BCUT2D eigenvalue weighted by Crippen LogP contribution is 2.46. The number of carbonyl (C=O) groups is 2. The number of ether oxygens (including phenoxy) is 1. The van der Waals surface area contributed by atoms with Gasteiger partial charge in [0, 0.05) is 31.9 Å². The third-order valence-electron chi connectivity index (χ3n) is 4.65. The monoisotopic (exact) mass is 344 g/mol. The van der Waals surface area contributed by atoms with Crippen molar-refractivity contribution in [3.8, 4) is 0 Å². The summed E-state index contributed by atoms with van der Waals surface area (Å²) in [5.41, 5.74) is 0. The maximum absolute atomic E-state index is 12.0. The van der Waals surface area contributed by atoms with Crippen LogP contribution in [0.5, 0.6) is 0 Å². The lowest BCUT2D eigenvalue weighted by Crippen LogP contribution is -2.61. The molecule has 1 unspecified atom stereocenters. The summed E-state index contributed by atoms with van der Waals surface area (Å²) in [6, 6.07) is 0. The van der Waals surface area contributed by atoms with Crippen molar-refractivity contribution >= 4 is 35.3 Å². The van der Waals surface area contributed by atoms with Crippen LogP contribution in [0.25, 0.3) is 0 Å². The molecule has 3 aliphatic rings. The van der Waals surface area contributed by atoms with Crippen LogP contribution in [0.1, 0.15) is 19.3 Å². The van der Waals surface area contributed by atoms with E-state index in [0.29, 0.717) is 5.75 Å². The summed E-state index contributed by atoms with van der Waals surface area (Å²) in [5.74, 6) is 1.89. The lowest BCUT2D eigenvalue weighted by molar-refractivity contribution is -0.137. The molecule has 5 nitrogen and oxygen atoms in total. The van der Waals surface area contributed by atoms with Crippen molar-refractivity contribution in [2.45, 2.75) is 30.1 Å². The molecule has 0 saturated carbocycles. The lowest BCUT2D eigenvalue weighted by Gasteiger charge is -2.47. The molecule has 3 saturated heterocycles. The Bertz CT molecular complexity index is 435. The summed E-state index contributed by atoms with van der Waals surface area (Å²) in [7, 11) is 0. The fraction of sp³-hybridized carbons (Fsp3) is 0.867. The first-order chi connectivity index (χ1) is 10.6. The van der Waals surface area contributed by atoms with Crippen LogP contribution in [-0.2, 0) is 14.3 Å². The zero-order valence-electron chi connectivity index (χ0n) is 13.1. The van der Waals surface area contributed by atoms with Gasteiger partial charge in [0.1, 0.15) is 6.61 Å². The molecule has 3 aliphatic heterocycles. The smallest absolute Gasteiger partial charge is 0.248 e. The number of hydrogen-bond donors (Lipinski definition) is 0. The largest absolute Gasteiger partial charge is 0.367 e. The number of hydrogen-bond acceptors (Lipinski definition) is 5. The average Bonchev–Trinajstić information content (AvgIpc) is 3.13. The van der Waals surface area contributed by atoms with Gasteiger partial charge in [0.15, 0.2) is 0 Å². The van der Waals surface area contributed by atoms with E-state index in [-0.39, 0.29) is 29.3 Å². The highest BCUT2D eigenvalue weighted by molar-refractivity contribution is 8.01. The van der Waals surface area contributed by atoms with Crippen LogP contribution < -0.4 is 0 Å². The summed E-state index contributed by atoms with van der Waals surface area (Å²) in [5, 5.41) is 0. The fourth-order valence-corrected chi connectivity index (χ4v) is 5.40. The minimum absolute atomic E-state index is 0.133. The first kappa shape index (κ1) is 16.5. The van der Waals surface area contributed by atoms with Crippen molar-refractivity contribution in [2.75, 3.05) is 50.5 Å². The van der Waals surface area contributed by atoms with Gasteiger partial charge in [0.2, 0.25) is 11.8 Å². The highest BCUT2D eigenvalue weighted by Gasteiger charge is 2.50. The van der Waals surface area contributed by atoms with Gasteiger partial charge in [-0.25, -0.2) is 0 Å². The average molecular weight is 345 g/mol. The third-order valence-corrected chi connectivity index (χ3v) is 6.77. The van der Waals surface area contributed by atoms with E-state index in [1.807, 2.05) is 27.8 Å². The standard InChI is InChI=1S/C15H24N2O3S2/c1-21-9-14(19)17-10-15(11-17)6-12(8-22-15)20-7-13(18)16-4-2-3-5-16/h12H,2-11H2,1H3. The van der Waals surface area contributed by atoms with E-state index >= 15 is 0 Å². The van der Waals surface area contributed by atoms with Crippen molar-refractivity contribution < 1.29 is 14.3 Å². The van der Waals surface area contributed by atoms with Gasteiger partial charge in [0.05, 0.1) is 16.6 Å². The van der Waals surface area contributed by atoms with E-state index in [2.05, 4.69) is 0 Å². The summed E-state index contributed by atoms with van der Waals surface area (Å²) in [6.45, 7) is 3.68. The molecule has 0 aliphatic carbocycles. The molecule has 2 amide bonds. The van der Waals surface area contributed by atoms with Gasteiger partial charge in [0.25, 0.3) is 0 Å². The molecular formula is C15H24N2O3S2. The Morgan fingerprint density at radius 1 is 1.23 bits per heavy atom. The van der Waals surface area contributed by atoms with E-state index < -0.39 is 0 Å². The Morgan fingerprint density at radius 2 is 1.95 bits per heavy atom. The first-order valence-electron chi connectivity index (χ1n) is 7.92. The summed E-state index contributed by atoms with van der Waals surface area (Å²) < 4.78 is 6.02. The first-order valence-corrected chi connectivity index (χ1v) is 10.3. The lowest BCUT2D eigenvalue weighted by atomic mass is 9.93. The zero-order chi connectivity index (χ0) is 15.6. The molecule has 0 aromatic rings. The number of likely N-dealkylation sites (tertiary alicyclic amines) is 2. The Morgan fingerprint density at radius 3 is 2.64 bits per heavy atom. The van der Waals surface area contributed by atoms with Crippen molar-refractivity contribution in [1.29, 1.82) is 0 Å². The van der Waals surface area contributed by atoms with Gasteiger partial charge < -0.3 is 14.5 Å². The van der Waals surface area contributed by atoms with Crippen LogP contribution in [0, 0.1) is 0 Å². The van der Waals surface area contributed by atoms with Gasteiger partial charge in [-0.2, -0.15) is 11.8 Å². The van der Waals surface area contributed by atoms with E-state index in [4.69, 9.17) is 4.74 Å². The van der Waals surface area contributed by atoms with Crippen molar-refractivity contribution in [2.24, 2.45) is 0 Å². The van der Waals surface area contributed by atoms with Gasteiger partial charge in [-0.3, -0.25) is 9.59 Å². The quantitative estimate of drug-likeness (QED) is 0.747. The Balaban J connectivity index is 1.38. The maximum Gasteiger partial charge on any atom is 0.248 e. The van der Waals surface area contributed by atoms with Crippen LogP contribution >= 0.6 is 23.5 Å². The number of thioether (sulfide) groups is 2. The molecule has 1 atom stereocenters. The summed E-state index contributed by atoms with van der Waals surface area (Å²) in [4.78, 5) is 27.7. The van der Waals surface area contributed by atoms with Crippen LogP contribution in [0.15, 0.2) is 0 Å². The van der Waals surface area contributed by atoms with Gasteiger partial charge in [-0.1, -0.05) is 0 Å². The Kier molecular flexibility index (Phi) is 5.24. The van der Waals surface area contributed by atoms with Crippen molar-refractivity contribution in [1.82, 2.24) is 9.80 Å². The molecule has 1 spiro atoms. The molecule has 0 radical (unpaired) electrons. The molecule has 0 aromatic heterocycles. The molecule has 124 valence electrons. The predicted molar refractivity (Wildman–Crippen MR) is 90.3 cm³/mol. The van der Waals surface area contributed by atoms with E-state index in [0.717, 1.165) is 51.2 Å². The van der Waals surface area contributed by atoms with Crippen LogP contribution in [0.3, 0.4) is 0 Å². The number of amides is 2. The molecule has 3 heterocycles. The molecule has 0 bridgehead atoms. The van der Waals surface area contributed by atoms with E-state index in [1.54, 1.807) is 11.8 Å². The summed E-state index contributed by atoms with van der Waals surface area (Å²) >= 11 is 3.49. The van der Waals surface area contributed by atoms with Crippen LogP contribution in [0.4, 0.5) is 0 Å². The molecule has 22 heavy (non-hydrogen) atoms. The molecular weight excluding hydrogens is 320 g/mol. The summed E-state index contributed by atoms with van der Waals surface area (Å²) in [6.07, 6.45) is 5.32. The molecule has 0 N–H and O–H groups in total. The van der Waals surface area contributed by atoms with Crippen molar-refractivity contribution in [3.63, 3.8) is 0 Å². The normalized spacial score (nSPS) is 26.5. The Hall–Kier alpha value is -0.400. The fourth-order valence-electron chi connectivity index (χ4n) is 3.42. The molecule has 3 fully saturated rings. The number of nitrogens with zero attached hydrogens (tertiary/aromatic N) is 2. The maximum atomic E-state index is 12.0. The van der Waals surface area contributed by atoms with E-state index in [1.165, 1.54) is 0 Å². The minimum Gasteiger partial charge on any atom is -0.367 e. The number of rotatable bonds is 5. The predicted octanol–water partition coefficient (Wildman–Crippen LogP) is 1.07. The van der Waals surface area contributed by atoms with Gasteiger partial charge in [-0.15, -0.1) is 11.8 Å². The highest BCUT2D eigenvalue weighted by atomic mass is 32.2. The second kappa shape index (κ2) is 7.01.